The highest BCUT2D eigenvalue weighted by atomic mass is 15.1. The van der Waals surface area contributed by atoms with Crippen LogP contribution in [0.25, 0.3) is 0 Å². The Balaban J connectivity index is 1.73. The number of rotatable bonds is 1. The zero-order chi connectivity index (χ0) is 7.01. The molecule has 6 atom stereocenters. The summed E-state index contributed by atoms with van der Waals surface area (Å²) in [7, 11) is 0. The summed E-state index contributed by atoms with van der Waals surface area (Å²) in [5.74, 6) is 6.78. The molecule has 0 aliphatic heterocycles. The van der Waals surface area contributed by atoms with Crippen molar-refractivity contribution in [3.05, 3.63) is 12.8 Å². The van der Waals surface area contributed by atoms with Crippen molar-refractivity contribution in [3.8, 4) is 0 Å². The maximum absolute atomic E-state index is 4.15. The Labute approximate surface area is 67.4 Å². The first-order chi connectivity index (χ1) is 5.38. The van der Waals surface area contributed by atoms with E-state index in [2.05, 4.69) is 6.92 Å². The van der Waals surface area contributed by atoms with Crippen molar-refractivity contribution < 1.29 is 0 Å². The summed E-state index contributed by atoms with van der Waals surface area (Å²) in [5, 5.41) is 0. The van der Waals surface area contributed by atoms with Crippen LogP contribution < -0.4 is 0 Å². The molecule has 5 aliphatic carbocycles. The van der Waals surface area contributed by atoms with Crippen molar-refractivity contribution in [2.45, 2.75) is 19.3 Å². The molecule has 0 bridgehead atoms. The Morgan fingerprint density at radius 2 is 2.36 bits per heavy atom. The van der Waals surface area contributed by atoms with E-state index in [1.807, 2.05) is 5.92 Å². The van der Waals surface area contributed by atoms with Crippen molar-refractivity contribution in [2.24, 2.45) is 34.5 Å². The molecule has 0 N–H and O–H groups in total. The van der Waals surface area contributed by atoms with Crippen molar-refractivity contribution >= 4 is 0 Å². The van der Waals surface area contributed by atoms with Crippen LogP contribution in [0.2, 0.25) is 0 Å². The van der Waals surface area contributed by atoms with Crippen molar-refractivity contribution in [1.82, 2.24) is 0 Å². The molecule has 0 saturated heterocycles. The summed E-state index contributed by atoms with van der Waals surface area (Å²) in [5.41, 5.74) is 1.72. The fraction of sp³-hybridized carbons (Fsp3) is 0.818. The smallest absolute Gasteiger partial charge is 0.0105 e. The van der Waals surface area contributed by atoms with E-state index in [0.717, 1.165) is 16.7 Å². The van der Waals surface area contributed by atoms with Crippen LogP contribution in [0.1, 0.15) is 19.3 Å². The Kier molecular flexibility index (Phi) is 0.400. The van der Waals surface area contributed by atoms with Crippen molar-refractivity contribution in [2.75, 3.05) is 0 Å². The SMILES string of the molecule is [CH2]CC12CC1C1C3C4C[C]4C312. The summed E-state index contributed by atoms with van der Waals surface area (Å²) in [6.07, 6.45) is 4.35. The summed E-state index contributed by atoms with van der Waals surface area (Å²) < 4.78 is 0. The lowest BCUT2D eigenvalue weighted by atomic mass is 9.64. The summed E-state index contributed by atoms with van der Waals surface area (Å²) in [6.45, 7) is 4.15. The molecule has 0 amide bonds. The maximum atomic E-state index is 4.15. The lowest BCUT2D eigenvalue weighted by molar-refractivity contribution is 0.140. The first kappa shape index (κ1) is 4.89. The first-order valence-electron chi connectivity index (χ1n) is 5.03. The number of hydrogen-bond acceptors (Lipinski definition) is 0. The predicted molar refractivity (Wildman–Crippen MR) is 41.3 cm³/mol. The Bertz CT molecular complexity index is 284. The zero-order valence-corrected chi connectivity index (χ0v) is 6.64. The second-order valence-corrected chi connectivity index (χ2v) is 5.47. The normalized spacial score (nSPS) is 84.8. The average Bonchev–Trinajstić information content (AvgIpc) is 2.76. The average molecular weight is 144 g/mol. The predicted octanol–water partition coefficient (Wildman–Crippen LogP) is 2.07. The Morgan fingerprint density at radius 1 is 1.45 bits per heavy atom. The van der Waals surface area contributed by atoms with E-state index in [-0.39, 0.29) is 0 Å². The van der Waals surface area contributed by atoms with Gasteiger partial charge in [-0.15, -0.1) is 0 Å². The molecule has 0 heteroatoms. The van der Waals surface area contributed by atoms with E-state index in [9.17, 15) is 0 Å². The summed E-state index contributed by atoms with van der Waals surface area (Å²) >= 11 is 0. The van der Waals surface area contributed by atoms with E-state index in [4.69, 9.17) is 0 Å². The van der Waals surface area contributed by atoms with Gasteiger partial charge in [-0.2, -0.15) is 0 Å². The van der Waals surface area contributed by atoms with Gasteiger partial charge in [0, 0.05) is 0 Å². The molecule has 1 spiro atoms. The second-order valence-electron chi connectivity index (χ2n) is 5.47. The monoisotopic (exact) mass is 144 g/mol. The third-order valence-electron chi connectivity index (χ3n) is 5.86. The molecule has 0 aromatic carbocycles. The molecule has 5 saturated carbocycles. The lowest BCUT2D eigenvalue weighted by Crippen LogP contribution is -2.35. The molecule has 11 heavy (non-hydrogen) atoms. The largest absolute Gasteiger partial charge is 0.0527 e. The van der Waals surface area contributed by atoms with Gasteiger partial charge in [-0.1, -0.05) is 6.92 Å². The maximum Gasteiger partial charge on any atom is -0.0105 e. The van der Waals surface area contributed by atoms with E-state index in [1.165, 1.54) is 30.6 Å². The van der Waals surface area contributed by atoms with Gasteiger partial charge in [0.15, 0.2) is 0 Å². The van der Waals surface area contributed by atoms with Gasteiger partial charge in [0.05, 0.1) is 0 Å². The Morgan fingerprint density at radius 3 is 3.09 bits per heavy atom. The van der Waals surface area contributed by atoms with E-state index < -0.39 is 0 Å². The van der Waals surface area contributed by atoms with Gasteiger partial charge in [-0.05, 0) is 59.7 Å². The van der Waals surface area contributed by atoms with Gasteiger partial charge >= 0.3 is 0 Å². The quantitative estimate of drug-likeness (QED) is 0.528. The summed E-state index contributed by atoms with van der Waals surface area (Å²) in [6, 6.07) is 0. The molecule has 0 aromatic rings. The number of hydrogen-bond donors (Lipinski definition) is 0. The topological polar surface area (TPSA) is 0 Å². The molecular formula is C11H12. The molecule has 0 aromatic heterocycles. The molecule has 6 unspecified atom stereocenters. The van der Waals surface area contributed by atoms with Crippen LogP contribution in [0.5, 0.6) is 0 Å². The van der Waals surface area contributed by atoms with Crippen molar-refractivity contribution in [1.29, 1.82) is 0 Å². The minimum Gasteiger partial charge on any atom is -0.0527 e. The van der Waals surface area contributed by atoms with Gasteiger partial charge < -0.3 is 0 Å². The minimum atomic E-state index is 0.824. The Hall–Kier alpha value is 0. The van der Waals surface area contributed by atoms with E-state index >= 15 is 0 Å². The highest BCUT2D eigenvalue weighted by Crippen LogP contribution is 3.09. The zero-order valence-electron chi connectivity index (χ0n) is 6.64. The standard InChI is InChI=1S/C11H12/c1-2-10-4-7(10)9-8-5-3-6(5)11(8,9)10/h5,7-9H,1-4H2. The van der Waals surface area contributed by atoms with Crippen LogP contribution in [0.15, 0.2) is 0 Å². The first-order valence-corrected chi connectivity index (χ1v) is 5.03. The van der Waals surface area contributed by atoms with E-state index in [0.29, 0.717) is 0 Å². The lowest BCUT2D eigenvalue weighted by Gasteiger charge is -2.40. The molecule has 5 fully saturated rings. The molecule has 2 radical (unpaired) electrons. The molecule has 0 nitrogen and oxygen atoms in total. The van der Waals surface area contributed by atoms with Gasteiger partial charge in [0.25, 0.3) is 0 Å². The minimum absolute atomic E-state index is 0.824. The summed E-state index contributed by atoms with van der Waals surface area (Å²) in [4.78, 5) is 0. The van der Waals surface area contributed by atoms with Crippen LogP contribution in [-0.4, -0.2) is 0 Å². The third kappa shape index (κ3) is 0.212. The fourth-order valence-electron chi connectivity index (χ4n) is 5.57. The highest BCUT2D eigenvalue weighted by molar-refractivity contribution is 5.62. The molecule has 5 rings (SSSR count). The van der Waals surface area contributed by atoms with Crippen LogP contribution in [0, 0.1) is 47.3 Å². The third-order valence-corrected chi connectivity index (χ3v) is 5.86. The molecule has 5 aliphatic rings. The highest BCUT2D eigenvalue weighted by Gasteiger charge is 3.04. The van der Waals surface area contributed by atoms with Crippen LogP contribution >= 0.6 is 0 Å². The second kappa shape index (κ2) is 0.900. The van der Waals surface area contributed by atoms with Gasteiger partial charge in [0.2, 0.25) is 0 Å². The number of fused-ring (bicyclic) bond motifs is 5. The van der Waals surface area contributed by atoms with Crippen LogP contribution in [0.4, 0.5) is 0 Å². The fourth-order valence-corrected chi connectivity index (χ4v) is 5.57. The van der Waals surface area contributed by atoms with Gasteiger partial charge in [0.1, 0.15) is 0 Å². The van der Waals surface area contributed by atoms with Crippen LogP contribution in [0.3, 0.4) is 0 Å². The molecule has 56 valence electrons. The van der Waals surface area contributed by atoms with Gasteiger partial charge in [-0.3, -0.25) is 0 Å². The molecular weight excluding hydrogens is 132 g/mol. The van der Waals surface area contributed by atoms with Crippen molar-refractivity contribution in [3.63, 3.8) is 0 Å². The van der Waals surface area contributed by atoms with Crippen LogP contribution in [-0.2, 0) is 0 Å². The molecule has 0 heterocycles. The van der Waals surface area contributed by atoms with E-state index in [1.54, 1.807) is 6.42 Å². The van der Waals surface area contributed by atoms with Gasteiger partial charge in [-0.25, -0.2) is 0 Å².